The van der Waals surface area contributed by atoms with Gasteiger partial charge in [0.15, 0.2) is 0 Å². The molecule has 2 rings (SSSR count). The van der Waals surface area contributed by atoms with Crippen molar-refractivity contribution in [2.75, 3.05) is 7.11 Å². The number of hydrogen-bond donors (Lipinski definition) is 1. The maximum atomic E-state index is 11.2. The predicted octanol–water partition coefficient (Wildman–Crippen LogP) is 4.31. The van der Waals surface area contributed by atoms with Crippen molar-refractivity contribution in [1.29, 1.82) is 0 Å². The van der Waals surface area contributed by atoms with Crippen LogP contribution in [0.5, 0.6) is 0 Å². The van der Waals surface area contributed by atoms with Crippen molar-refractivity contribution in [2.24, 2.45) is 5.92 Å². The standard InChI is InChI=1S/C25H31NO3/c1-7-16(2)24-9-8-20(11-21-13-23(25(27)28)15-26-14-21)12-22(24)10-17(3)18(4)19(5)29-6/h8-10,12-15,17H,7,11H2,1-6H3,(H,27,28). The molecule has 0 saturated heterocycles. The Balaban J connectivity index is 2.54. The molecule has 0 aliphatic heterocycles. The van der Waals surface area contributed by atoms with E-state index in [9.17, 15) is 9.90 Å². The fraction of sp³-hybridized carbons (Fsp3) is 0.360. The molecule has 0 bridgehead atoms. The van der Waals surface area contributed by atoms with Gasteiger partial charge in [0.1, 0.15) is 0 Å². The van der Waals surface area contributed by atoms with E-state index in [1.54, 1.807) is 19.4 Å². The Morgan fingerprint density at radius 2 is 1.90 bits per heavy atom. The summed E-state index contributed by atoms with van der Waals surface area (Å²) in [5.74, 6) is 0.228. The van der Waals surface area contributed by atoms with Gasteiger partial charge in [0, 0.05) is 12.4 Å². The number of carbonyl (C=O) groups is 1. The van der Waals surface area contributed by atoms with Crippen molar-refractivity contribution >= 4 is 17.6 Å². The number of nitrogens with zero attached hydrogens (tertiary/aromatic N) is 1. The minimum absolute atomic E-state index is 0.213. The van der Waals surface area contributed by atoms with Crippen LogP contribution < -0.4 is 10.4 Å². The topological polar surface area (TPSA) is 59.4 Å². The molecule has 1 aromatic carbocycles. The number of benzene rings is 1. The summed E-state index contributed by atoms with van der Waals surface area (Å²) >= 11 is 0. The van der Waals surface area contributed by atoms with Gasteiger partial charge in [-0.05, 0) is 72.7 Å². The van der Waals surface area contributed by atoms with E-state index in [-0.39, 0.29) is 11.5 Å². The minimum Gasteiger partial charge on any atom is -0.501 e. The maximum Gasteiger partial charge on any atom is 0.337 e. The lowest BCUT2D eigenvalue weighted by Crippen LogP contribution is -2.28. The molecule has 0 fully saturated rings. The van der Waals surface area contributed by atoms with E-state index in [4.69, 9.17) is 4.74 Å². The Morgan fingerprint density at radius 1 is 1.17 bits per heavy atom. The number of carboxylic acids is 1. The summed E-state index contributed by atoms with van der Waals surface area (Å²) in [6.07, 6.45) is 7.01. The van der Waals surface area contributed by atoms with Gasteiger partial charge in [-0.3, -0.25) is 4.98 Å². The van der Waals surface area contributed by atoms with E-state index in [1.807, 2.05) is 6.92 Å². The van der Waals surface area contributed by atoms with E-state index < -0.39 is 5.97 Å². The second-order valence-electron chi connectivity index (χ2n) is 7.52. The van der Waals surface area contributed by atoms with Gasteiger partial charge >= 0.3 is 5.97 Å². The van der Waals surface area contributed by atoms with Gasteiger partial charge in [-0.15, -0.1) is 0 Å². The van der Waals surface area contributed by atoms with E-state index >= 15 is 0 Å². The van der Waals surface area contributed by atoms with Crippen molar-refractivity contribution in [1.82, 2.24) is 4.98 Å². The second kappa shape index (κ2) is 10.1. The van der Waals surface area contributed by atoms with Gasteiger partial charge in [-0.2, -0.15) is 0 Å². The van der Waals surface area contributed by atoms with Crippen LogP contribution in [0.15, 0.2) is 48.0 Å². The van der Waals surface area contributed by atoms with E-state index in [0.717, 1.165) is 23.3 Å². The van der Waals surface area contributed by atoms with Crippen LogP contribution in [0, 0.1) is 5.92 Å². The predicted molar refractivity (Wildman–Crippen MR) is 118 cm³/mol. The highest BCUT2D eigenvalue weighted by molar-refractivity contribution is 5.87. The smallest absolute Gasteiger partial charge is 0.337 e. The highest BCUT2D eigenvalue weighted by atomic mass is 16.5. The van der Waals surface area contributed by atoms with Crippen molar-refractivity contribution in [3.63, 3.8) is 0 Å². The average molecular weight is 394 g/mol. The molecule has 1 N–H and O–H groups in total. The summed E-state index contributed by atoms with van der Waals surface area (Å²) in [5.41, 5.74) is 4.78. The number of methoxy groups -OCH3 is 1. The second-order valence-corrected chi connectivity index (χ2v) is 7.52. The highest BCUT2D eigenvalue weighted by Crippen LogP contribution is 2.16. The lowest BCUT2D eigenvalue weighted by atomic mass is 9.96. The molecule has 0 aliphatic rings. The van der Waals surface area contributed by atoms with Gasteiger partial charge < -0.3 is 9.84 Å². The molecule has 1 aromatic heterocycles. The summed E-state index contributed by atoms with van der Waals surface area (Å²) in [7, 11) is 1.70. The SMILES string of the molecule is CCC(C)=c1ccc(Cc2cncc(C(=O)O)c2)cc1=CC(C)C(C)=C(C)OC. The van der Waals surface area contributed by atoms with Gasteiger partial charge in [0.25, 0.3) is 0 Å². The molecule has 2 aromatic rings. The molecule has 0 amide bonds. The van der Waals surface area contributed by atoms with Crippen LogP contribution >= 0.6 is 0 Å². The molecule has 1 unspecified atom stereocenters. The number of allylic oxidation sites excluding steroid dienone is 2. The number of rotatable bonds is 7. The molecule has 4 nitrogen and oxygen atoms in total. The number of carboxylic acid groups (broad SMARTS) is 1. The third-order valence-electron chi connectivity index (χ3n) is 5.53. The zero-order valence-electron chi connectivity index (χ0n) is 18.2. The highest BCUT2D eigenvalue weighted by Gasteiger charge is 2.08. The fourth-order valence-electron chi connectivity index (χ4n) is 3.25. The molecule has 29 heavy (non-hydrogen) atoms. The zero-order chi connectivity index (χ0) is 21.6. The van der Waals surface area contributed by atoms with Gasteiger partial charge in [-0.1, -0.05) is 43.7 Å². The van der Waals surface area contributed by atoms with Crippen LogP contribution in [-0.4, -0.2) is 23.2 Å². The van der Waals surface area contributed by atoms with Crippen LogP contribution in [-0.2, 0) is 11.2 Å². The quantitative estimate of drug-likeness (QED) is 0.712. The van der Waals surface area contributed by atoms with Crippen LogP contribution in [0.1, 0.15) is 62.5 Å². The molecule has 154 valence electrons. The number of pyridine rings is 1. The normalized spacial score (nSPS) is 14.9. The summed E-state index contributed by atoms with van der Waals surface area (Å²) in [5, 5.41) is 11.6. The third-order valence-corrected chi connectivity index (χ3v) is 5.53. The molecule has 1 atom stereocenters. The lowest BCUT2D eigenvalue weighted by molar-refractivity contribution is 0.0696. The Hall–Kier alpha value is -2.88. The minimum atomic E-state index is -0.957. The van der Waals surface area contributed by atoms with E-state index in [2.05, 4.69) is 57.0 Å². The molecule has 0 radical (unpaired) electrons. The van der Waals surface area contributed by atoms with Crippen molar-refractivity contribution < 1.29 is 14.6 Å². The molecular formula is C25H31NO3. The first-order chi connectivity index (χ1) is 13.8. The molecule has 0 aliphatic carbocycles. The summed E-state index contributed by atoms with van der Waals surface area (Å²) in [6.45, 7) is 10.6. The molecule has 0 spiro atoms. The Labute approximate surface area is 173 Å². The molecule has 4 heteroatoms. The van der Waals surface area contributed by atoms with Crippen LogP contribution in [0.4, 0.5) is 0 Å². The van der Waals surface area contributed by atoms with Crippen LogP contribution in [0.25, 0.3) is 11.6 Å². The monoisotopic (exact) mass is 393 g/mol. The first-order valence-electron chi connectivity index (χ1n) is 9.96. The average Bonchev–Trinajstić information content (AvgIpc) is 2.72. The van der Waals surface area contributed by atoms with Gasteiger partial charge in [0.2, 0.25) is 0 Å². The summed E-state index contributed by atoms with van der Waals surface area (Å²) in [4.78, 5) is 15.3. The van der Waals surface area contributed by atoms with Crippen molar-refractivity contribution in [3.05, 3.63) is 75.1 Å². The maximum absolute atomic E-state index is 11.2. The summed E-state index contributed by atoms with van der Waals surface area (Å²) < 4.78 is 5.40. The third kappa shape index (κ3) is 5.80. The fourth-order valence-corrected chi connectivity index (χ4v) is 3.25. The number of hydrogen-bond acceptors (Lipinski definition) is 3. The number of aromatic carboxylic acids is 1. The number of aromatic nitrogens is 1. The summed E-state index contributed by atoms with van der Waals surface area (Å²) in [6, 6.07) is 8.18. The zero-order valence-corrected chi connectivity index (χ0v) is 18.2. The number of ether oxygens (including phenoxy) is 1. The first kappa shape index (κ1) is 22.4. The van der Waals surface area contributed by atoms with Crippen LogP contribution in [0.3, 0.4) is 0 Å². The van der Waals surface area contributed by atoms with E-state index in [1.165, 1.54) is 27.8 Å². The lowest BCUT2D eigenvalue weighted by Gasteiger charge is -2.12. The molecular weight excluding hydrogens is 362 g/mol. The Morgan fingerprint density at radius 3 is 2.52 bits per heavy atom. The van der Waals surface area contributed by atoms with Crippen molar-refractivity contribution in [2.45, 2.75) is 47.5 Å². The van der Waals surface area contributed by atoms with E-state index in [0.29, 0.717) is 6.42 Å². The largest absolute Gasteiger partial charge is 0.501 e. The van der Waals surface area contributed by atoms with Crippen LogP contribution in [0.2, 0.25) is 0 Å². The Bertz CT molecular complexity index is 1030. The Kier molecular flexibility index (Phi) is 7.77. The van der Waals surface area contributed by atoms with Gasteiger partial charge in [0.05, 0.1) is 18.4 Å². The van der Waals surface area contributed by atoms with Crippen molar-refractivity contribution in [3.8, 4) is 0 Å². The molecule has 0 saturated carbocycles. The first-order valence-corrected chi connectivity index (χ1v) is 9.96. The molecule has 1 heterocycles. The van der Waals surface area contributed by atoms with Gasteiger partial charge in [-0.25, -0.2) is 4.79 Å².